The van der Waals surface area contributed by atoms with E-state index >= 15 is 0 Å². The molecule has 0 bridgehead atoms. The fraction of sp³-hybridized carbons (Fsp3) is 0.391. The van der Waals surface area contributed by atoms with Gasteiger partial charge in [-0.05, 0) is 69.5 Å². The molecule has 158 valence electrons. The Hall–Kier alpha value is -3.22. The van der Waals surface area contributed by atoms with Gasteiger partial charge in [-0.1, -0.05) is 0 Å². The summed E-state index contributed by atoms with van der Waals surface area (Å²) in [4.78, 5) is 45.0. The Morgan fingerprint density at radius 3 is 2.37 bits per heavy atom. The Balaban J connectivity index is 1.69. The lowest BCUT2D eigenvalue weighted by molar-refractivity contribution is 0.0635. The minimum atomic E-state index is -0.312. The molecular formula is C23H28N4O3. The fourth-order valence-electron chi connectivity index (χ4n) is 3.61. The molecule has 1 aromatic carbocycles. The minimum absolute atomic E-state index is 0.0290. The first kappa shape index (κ1) is 21.5. The topological polar surface area (TPSA) is 82.6 Å². The average molecular weight is 409 g/mol. The van der Waals surface area contributed by atoms with Gasteiger partial charge in [-0.15, -0.1) is 0 Å². The Kier molecular flexibility index (Phi) is 6.50. The molecule has 0 aliphatic carbocycles. The average Bonchev–Trinajstić information content (AvgIpc) is 2.73. The quantitative estimate of drug-likeness (QED) is 0.841. The first-order valence-electron chi connectivity index (χ1n) is 10.2. The number of carbonyl (C=O) groups excluding carboxylic acids is 3. The number of piperidine rings is 1. The first-order chi connectivity index (χ1) is 14.3. The molecule has 1 atom stereocenters. The lowest BCUT2D eigenvalue weighted by Gasteiger charge is -2.33. The van der Waals surface area contributed by atoms with Crippen LogP contribution >= 0.6 is 0 Å². The van der Waals surface area contributed by atoms with Crippen molar-refractivity contribution in [3.05, 3.63) is 58.9 Å². The normalized spacial score (nSPS) is 16.1. The highest BCUT2D eigenvalue weighted by Crippen LogP contribution is 2.20. The molecule has 1 aromatic heterocycles. The molecule has 0 saturated carbocycles. The van der Waals surface area contributed by atoms with Gasteiger partial charge in [0, 0.05) is 37.9 Å². The molecule has 7 heteroatoms. The van der Waals surface area contributed by atoms with Crippen molar-refractivity contribution in [2.24, 2.45) is 0 Å². The number of amides is 3. The number of anilines is 1. The molecule has 1 saturated heterocycles. The van der Waals surface area contributed by atoms with E-state index in [4.69, 9.17) is 0 Å². The van der Waals surface area contributed by atoms with Crippen LogP contribution < -0.4 is 5.32 Å². The number of hydrogen-bond donors (Lipinski definition) is 1. The number of benzene rings is 1. The summed E-state index contributed by atoms with van der Waals surface area (Å²) < 4.78 is 0. The highest BCUT2D eigenvalue weighted by Gasteiger charge is 2.24. The molecule has 1 aliphatic rings. The third kappa shape index (κ3) is 4.67. The van der Waals surface area contributed by atoms with E-state index in [9.17, 15) is 14.4 Å². The third-order valence-corrected chi connectivity index (χ3v) is 5.41. The Bertz CT molecular complexity index is 953. The molecule has 1 unspecified atom stereocenters. The van der Waals surface area contributed by atoms with Crippen LogP contribution in [0.3, 0.4) is 0 Å². The van der Waals surface area contributed by atoms with Crippen LogP contribution in [0.1, 0.15) is 63.1 Å². The zero-order valence-electron chi connectivity index (χ0n) is 17.9. The summed E-state index contributed by atoms with van der Waals surface area (Å²) in [5, 5.41) is 2.83. The smallest absolute Gasteiger partial charge is 0.271 e. The molecule has 0 radical (unpaired) electrons. The van der Waals surface area contributed by atoms with Crippen LogP contribution in [0.5, 0.6) is 0 Å². The maximum absolute atomic E-state index is 12.7. The van der Waals surface area contributed by atoms with Crippen LogP contribution in [0.2, 0.25) is 0 Å². The van der Waals surface area contributed by atoms with E-state index in [0.29, 0.717) is 28.2 Å². The molecule has 0 spiro atoms. The Labute approximate surface area is 177 Å². The summed E-state index contributed by atoms with van der Waals surface area (Å²) in [5.41, 5.74) is 2.38. The zero-order chi connectivity index (χ0) is 21.8. The van der Waals surface area contributed by atoms with Crippen molar-refractivity contribution >= 4 is 23.4 Å². The van der Waals surface area contributed by atoms with Gasteiger partial charge in [0.1, 0.15) is 5.69 Å². The van der Waals surface area contributed by atoms with E-state index in [1.54, 1.807) is 57.4 Å². The molecule has 2 aromatic rings. The number of likely N-dealkylation sites (tertiary alicyclic amines) is 1. The van der Waals surface area contributed by atoms with E-state index in [2.05, 4.69) is 17.2 Å². The summed E-state index contributed by atoms with van der Waals surface area (Å²) in [6, 6.07) is 10.3. The number of carbonyl (C=O) groups is 3. The van der Waals surface area contributed by atoms with Gasteiger partial charge in [0.25, 0.3) is 17.7 Å². The van der Waals surface area contributed by atoms with Gasteiger partial charge in [-0.2, -0.15) is 0 Å². The van der Waals surface area contributed by atoms with Crippen molar-refractivity contribution in [3.8, 4) is 0 Å². The van der Waals surface area contributed by atoms with Crippen LogP contribution in [0.25, 0.3) is 0 Å². The van der Waals surface area contributed by atoms with Crippen molar-refractivity contribution in [1.82, 2.24) is 14.8 Å². The third-order valence-electron chi connectivity index (χ3n) is 5.41. The predicted molar refractivity (Wildman–Crippen MR) is 116 cm³/mol. The summed E-state index contributed by atoms with van der Waals surface area (Å²) in [7, 11) is 3.31. The van der Waals surface area contributed by atoms with Crippen LogP contribution in [-0.2, 0) is 0 Å². The molecular weight excluding hydrogens is 380 g/mol. The van der Waals surface area contributed by atoms with Gasteiger partial charge in [0.2, 0.25) is 0 Å². The lowest BCUT2D eigenvalue weighted by Crippen LogP contribution is -2.42. The molecule has 3 rings (SSSR count). The fourth-order valence-corrected chi connectivity index (χ4v) is 3.61. The van der Waals surface area contributed by atoms with Gasteiger partial charge in [0.05, 0.1) is 11.3 Å². The monoisotopic (exact) mass is 408 g/mol. The van der Waals surface area contributed by atoms with Crippen LogP contribution in [0.4, 0.5) is 5.69 Å². The number of aryl methyl sites for hydroxylation is 1. The summed E-state index contributed by atoms with van der Waals surface area (Å²) in [6.45, 7) is 4.57. The van der Waals surface area contributed by atoms with Gasteiger partial charge < -0.3 is 15.1 Å². The van der Waals surface area contributed by atoms with Crippen LogP contribution in [-0.4, -0.2) is 59.2 Å². The minimum Gasteiger partial charge on any atom is -0.343 e. The summed E-state index contributed by atoms with van der Waals surface area (Å²) in [6.07, 6.45) is 3.23. The highest BCUT2D eigenvalue weighted by atomic mass is 16.2. The molecule has 1 aliphatic heterocycles. The molecule has 3 amide bonds. The summed E-state index contributed by atoms with van der Waals surface area (Å²) in [5.74, 6) is -0.498. The van der Waals surface area contributed by atoms with Gasteiger partial charge in [-0.3, -0.25) is 14.4 Å². The Morgan fingerprint density at radius 2 is 1.77 bits per heavy atom. The second kappa shape index (κ2) is 9.07. The summed E-state index contributed by atoms with van der Waals surface area (Å²) >= 11 is 0. The maximum atomic E-state index is 12.7. The number of nitrogens with one attached hydrogen (secondary N) is 1. The van der Waals surface area contributed by atoms with Gasteiger partial charge >= 0.3 is 0 Å². The molecule has 30 heavy (non-hydrogen) atoms. The van der Waals surface area contributed by atoms with E-state index in [0.717, 1.165) is 25.8 Å². The number of pyridine rings is 1. The first-order valence-corrected chi connectivity index (χ1v) is 10.2. The number of hydrogen-bond acceptors (Lipinski definition) is 4. The van der Waals surface area contributed by atoms with Crippen molar-refractivity contribution in [2.75, 3.05) is 26.0 Å². The van der Waals surface area contributed by atoms with E-state index in [1.165, 1.54) is 4.90 Å². The zero-order valence-corrected chi connectivity index (χ0v) is 17.9. The second-order valence-corrected chi connectivity index (χ2v) is 7.90. The lowest BCUT2D eigenvalue weighted by atomic mass is 10.0. The van der Waals surface area contributed by atoms with Crippen molar-refractivity contribution < 1.29 is 14.4 Å². The van der Waals surface area contributed by atoms with Crippen molar-refractivity contribution in [2.45, 2.75) is 39.2 Å². The second-order valence-electron chi connectivity index (χ2n) is 7.90. The molecule has 7 nitrogen and oxygen atoms in total. The predicted octanol–water partition coefficient (Wildman–Crippen LogP) is 3.36. The van der Waals surface area contributed by atoms with E-state index in [1.807, 2.05) is 4.90 Å². The molecule has 1 N–H and O–H groups in total. The van der Waals surface area contributed by atoms with Gasteiger partial charge in [-0.25, -0.2) is 4.98 Å². The number of aromatic nitrogens is 1. The largest absolute Gasteiger partial charge is 0.343 e. The van der Waals surface area contributed by atoms with Crippen molar-refractivity contribution in [1.29, 1.82) is 0 Å². The molecule has 2 heterocycles. The number of nitrogens with zero attached hydrogens (tertiary/aromatic N) is 3. The van der Waals surface area contributed by atoms with Crippen LogP contribution in [0, 0.1) is 6.92 Å². The van der Waals surface area contributed by atoms with Crippen LogP contribution in [0.15, 0.2) is 36.4 Å². The van der Waals surface area contributed by atoms with Crippen molar-refractivity contribution in [3.63, 3.8) is 0 Å². The number of rotatable bonds is 4. The van der Waals surface area contributed by atoms with Gasteiger partial charge in [0.15, 0.2) is 0 Å². The highest BCUT2D eigenvalue weighted by molar-refractivity contribution is 6.05. The standard InChI is InChI=1S/C23H28N4O3/c1-15-7-5-6-14-27(15)22(29)17-8-10-18(11-9-17)25-21(28)19-12-13-20(24-16(19)2)23(30)26(3)4/h8-13,15H,5-7,14H2,1-4H3,(H,25,28). The molecule has 1 fully saturated rings. The SMILES string of the molecule is Cc1nc(C(=O)N(C)C)ccc1C(=O)Nc1ccc(C(=O)N2CCCCC2C)cc1. The Morgan fingerprint density at radius 1 is 1.07 bits per heavy atom. The van der Waals surface area contributed by atoms with E-state index in [-0.39, 0.29) is 23.8 Å². The maximum Gasteiger partial charge on any atom is 0.271 e. The van der Waals surface area contributed by atoms with E-state index < -0.39 is 0 Å².